The van der Waals surface area contributed by atoms with Crippen LogP contribution < -0.4 is 4.31 Å². The Balaban J connectivity index is 2.69. The normalized spacial score (nSPS) is 11.1. The first-order chi connectivity index (χ1) is 9.41. The van der Waals surface area contributed by atoms with E-state index >= 15 is 0 Å². The van der Waals surface area contributed by atoms with E-state index in [4.69, 9.17) is 0 Å². The molecule has 2 aromatic carbocycles. The minimum atomic E-state index is -3.66. The lowest BCUT2D eigenvalue weighted by atomic mass is 10.1. The van der Waals surface area contributed by atoms with Gasteiger partial charge in [-0.3, -0.25) is 0 Å². The highest BCUT2D eigenvalue weighted by molar-refractivity contribution is 7.92. The summed E-state index contributed by atoms with van der Waals surface area (Å²) in [5.74, 6) is -1.18. The number of benzene rings is 2. The molecule has 1 N–H and O–H groups in total. The van der Waals surface area contributed by atoms with Crippen molar-refractivity contribution in [3.8, 4) is 0 Å². The second-order valence-electron chi connectivity index (χ2n) is 4.19. The van der Waals surface area contributed by atoms with Gasteiger partial charge in [-0.15, -0.1) is 0 Å². The van der Waals surface area contributed by atoms with E-state index in [-0.39, 0.29) is 11.3 Å². The third-order valence-electron chi connectivity index (χ3n) is 2.68. The topological polar surface area (TPSA) is 74.7 Å². The predicted molar refractivity (Wildman–Crippen MR) is 76.8 cm³/mol. The number of sulfonamides is 1. The number of carbonyl (C=O) groups is 1. The van der Waals surface area contributed by atoms with E-state index in [2.05, 4.69) is 0 Å². The predicted octanol–water partition coefficient (Wildman–Crippen LogP) is 2.48. The molecular weight excluding hydrogens is 278 g/mol. The van der Waals surface area contributed by atoms with Gasteiger partial charge in [0.15, 0.2) is 0 Å². The zero-order valence-corrected chi connectivity index (χ0v) is 11.5. The van der Waals surface area contributed by atoms with Crippen molar-refractivity contribution in [2.75, 3.05) is 10.6 Å². The van der Waals surface area contributed by atoms with E-state index in [9.17, 15) is 18.3 Å². The molecule has 104 valence electrons. The van der Waals surface area contributed by atoms with Gasteiger partial charge in [-0.25, -0.2) is 17.5 Å². The van der Waals surface area contributed by atoms with Crippen LogP contribution in [0.3, 0.4) is 0 Å². The van der Waals surface area contributed by atoms with Crippen molar-refractivity contribution >= 4 is 27.4 Å². The van der Waals surface area contributed by atoms with Crippen molar-refractivity contribution in [1.82, 2.24) is 0 Å². The van der Waals surface area contributed by atoms with Crippen LogP contribution in [0.1, 0.15) is 10.4 Å². The number of para-hydroxylation sites is 2. The minimum absolute atomic E-state index is 0.0678. The van der Waals surface area contributed by atoms with E-state index in [1.165, 1.54) is 12.1 Å². The summed E-state index contributed by atoms with van der Waals surface area (Å²) in [5, 5.41) is 9.21. The number of carboxylic acids is 1. The molecule has 0 aliphatic carbocycles. The average Bonchev–Trinajstić information content (AvgIpc) is 2.39. The number of hydrogen-bond acceptors (Lipinski definition) is 3. The molecule has 2 aromatic rings. The summed E-state index contributed by atoms with van der Waals surface area (Å²) in [7, 11) is -3.66. The van der Waals surface area contributed by atoms with E-state index in [1.807, 2.05) is 0 Å². The SMILES string of the molecule is CS(=O)(=O)N(c1ccccc1)c1ccccc1C(=O)O. The first-order valence-electron chi connectivity index (χ1n) is 5.79. The van der Waals surface area contributed by atoms with Crippen LogP contribution in [0.2, 0.25) is 0 Å². The summed E-state index contributed by atoms with van der Waals surface area (Å²) in [6.07, 6.45) is 1.04. The van der Waals surface area contributed by atoms with Crippen molar-refractivity contribution in [3.63, 3.8) is 0 Å². The molecule has 0 saturated heterocycles. The van der Waals surface area contributed by atoms with E-state index in [0.717, 1.165) is 10.6 Å². The molecule has 0 spiro atoms. The average molecular weight is 291 g/mol. The summed E-state index contributed by atoms with van der Waals surface area (Å²) in [6.45, 7) is 0. The van der Waals surface area contributed by atoms with Gasteiger partial charge in [0.25, 0.3) is 0 Å². The monoisotopic (exact) mass is 291 g/mol. The number of carboxylic acid groups (broad SMARTS) is 1. The fraction of sp³-hybridized carbons (Fsp3) is 0.0714. The number of anilines is 2. The van der Waals surface area contributed by atoms with Crippen LogP contribution >= 0.6 is 0 Å². The van der Waals surface area contributed by atoms with Gasteiger partial charge in [0.2, 0.25) is 10.0 Å². The second-order valence-corrected chi connectivity index (χ2v) is 6.02. The summed E-state index contributed by atoms with van der Waals surface area (Å²) in [4.78, 5) is 11.3. The molecule has 5 nitrogen and oxygen atoms in total. The van der Waals surface area contributed by atoms with Crippen LogP contribution in [-0.2, 0) is 10.0 Å². The lowest BCUT2D eigenvalue weighted by molar-refractivity contribution is 0.0698. The highest BCUT2D eigenvalue weighted by Gasteiger charge is 2.24. The molecule has 0 fully saturated rings. The molecular formula is C14H13NO4S. The maximum absolute atomic E-state index is 12.0. The summed E-state index contributed by atoms with van der Waals surface area (Å²) >= 11 is 0. The minimum Gasteiger partial charge on any atom is -0.478 e. The summed E-state index contributed by atoms with van der Waals surface area (Å²) in [6, 6.07) is 14.4. The number of hydrogen-bond donors (Lipinski definition) is 1. The highest BCUT2D eigenvalue weighted by atomic mass is 32.2. The van der Waals surface area contributed by atoms with Gasteiger partial charge in [0.1, 0.15) is 0 Å². The van der Waals surface area contributed by atoms with Crippen molar-refractivity contribution in [2.45, 2.75) is 0 Å². The van der Waals surface area contributed by atoms with Crippen LogP contribution in [0.25, 0.3) is 0 Å². The Labute approximate surface area is 117 Å². The Morgan fingerprint density at radius 1 is 1.00 bits per heavy atom. The Kier molecular flexibility index (Phi) is 3.76. The van der Waals surface area contributed by atoms with Crippen LogP contribution in [0.4, 0.5) is 11.4 Å². The van der Waals surface area contributed by atoms with E-state index < -0.39 is 16.0 Å². The molecule has 0 aliphatic rings. The van der Waals surface area contributed by atoms with Gasteiger partial charge in [0.05, 0.1) is 23.2 Å². The molecule has 0 bridgehead atoms. The molecule has 0 aliphatic heterocycles. The number of rotatable bonds is 4. The maximum atomic E-state index is 12.0. The lowest BCUT2D eigenvalue weighted by Gasteiger charge is -2.23. The first-order valence-corrected chi connectivity index (χ1v) is 7.64. The fourth-order valence-corrected chi connectivity index (χ4v) is 2.93. The molecule has 20 heavy (non-hydrogen) atoms. The summed E-state index contributed by atoms with van der Waals surface area (Å²) < 4.78 is 25.1. The summed E-state index contributed by atoms with van der Waals surface area (Å²) in [5.41, 5.74) is 0.444. The van der Waals surface area contributed by atoms with Crippen LogP contribution in [0.5, 0.6) is 0 Å². The molecule has 0 unspecified atom stereocenters. The number of aromatic carboxylic acids is 1. The van der Waals surface area contributed by atoms with E-state index in [1.54, 1.807) is 42.5 Å². The second kappa shape index (κ2) is 5.34. The third-order valence-corrected chi connectivity index (χ3v) is 3.75. The zero-order valence-electron chi connectivity index (χ0n) is 10.7. The molecule has 0 atom stereocenters. The Bertz CT molecular complexity index is 726. The largest absolute Gasteiger partial charge is 0.478 e. The van der Waals surface area contributed by atoms with E-state index in [0.29, 0.717) is 5.69 Å². The highest BCUT2D eigenvalue weighted by Crippen LogP contribution is 2.30. The number of nitrogens with zero attached hydrogens (tertiary/aromatic N) is 1. The molecule has 0 amide bonds. The maximum Gasteiger partial charge on any atom is 0.337 e. The van der Waals surface area contributed by atoms with Gasteiger partial charge in [0, 0.05) is 0 Å². The van der Waals surface area contributed by atoms with Crippen molar-refractivity contribution in [3.05, 3.63) is 60.2 Å². The van der Waals surface area contributed by atoms with Crippen LogP contribution in [0, 0.1) is 0 Å². The van der Waals surface area contributed by atoms with Crippen molar-refractivity contribution in [1.29, 1.82) is 0 Å². The quantitative estimate of drug-likeness (QED) is 0.939. The molecule has 0 heterocycles. The Hall–Kier alpha value is -2.34. The molecule has 0 saturated carbocycles. The van der Waals surface area contributed by atoms with Gasteiger partial charge in [-0.05, 0) is 24.3 Å². The first kappa shape index (κ1) is 14.1. The van der Waals surface area contributed by atoms with Gasteiger partial charge < -0.3 is 5.11 Å². The van der Waals surface area contributed by atoms with Crippen LogP contribution in [0.15, 0.2) is 54.6 Å². The van der Waals surface area contributed by atoms with Crippen molar-refractivity contribution in [2.24, 2.45) is 0 Å². The molecule has 0 radical (unpaired) electrons. The molecule has 0 aromatic heterocycles. The third kappa shape index (κ3) is 2.80. The Morgan fingerprint density at radius 2 is 1.55 bits per heavy atom. The van der Waals surface area contributed by atoms with Gasteiger partial charge in [-0.2, -0.15) is 0 Å². The standard InChI is InChI=1S/C14H13NO4S/c1-20(18,19)15(11-7-3-2-4-8-11)13-10-6-5-9-12(13)14(16)17/h2-10H,1H3,(H,16,17). The van der Waals surface area contributed by atoms with Gasteiger partial charge in [-0.1, -0.05) is 30.3 Å². The molecule has 6 heteroatoms. The van der Waals surface area contributed by atoms with Crippen LogP contribution in [-0.4, -0.2) is 25.7 Å². The zero-order chi connectivity index (χ0) is 14.8. The van der Waals surface area contributed by atoms with Crippen molar-refractivity contribution < 1.29 is 18.3 Å². The molecule has 2 rings (SSSR count). The van der Waals surface area contributed by atoms with Gasteiger partial charge >= 0.3 is 5.97 Å². The Morgan fingerprint density at radius 3 is 2.10 bits per heavy atom. The smallest absolute Gasteiger partial charge is 0.337 e. The lowest BCUT2D eigenvalue weighted by Crippen LogP contribution is -2.26. The fourth-order valence-electron chi connectivity index (χ4n) is 1.90.